The Morgan fingerprint density at radius 3 is 2.69 bits per heavy atom. The first-order valence-electron chi connectivity index (χ1n) is 10.0. The summed E-state index contributed by atoms with van der Waals surface area (Å²) in [6.07, 6.45) is 6.42. The Kier molecular flexibility index (Phi) is 9.35. The maximum Gasteiger partial charge on any atom is 0.248 e. The SMILES string of the molecule is COc1ccc(OCCCCCN[C@H]2CCCc3[nH]c(=O)ccc32)cc1OC.Cl. The fourth-order valence-corrected chi connectivity index (χ4v) is 3.69. The number of ether oxygens (including phenoxy) is 3. The molecular weight excluding hydrogens is 392 g/mol. The van der Waals surface area contributed by atoms with Crippen molar-refractivity contribution >= 4 is 12.4 Å². The van der Waals surface area contributed by atoms with Gasteiger partial charge in [0.1, 0.15) is 5.75 Å². The molecule has 1 atom stereocenters. The van der Waals surface area contributed by atoms with Crippen LogP contribution in [0, 0.1) is 0 Å². The zero-order chi connectivity index (χ0) is 19.8. The number of hydrogen-bond acceptors (Lipinski definition) is 5. The van der Waals surface area contributed by atoms with Gasteiger partial charge < -0.3 is 24.5 Å². The van der Waals surface area contributed by atoms with Crippen molar-refractivity contribution in [2.24, 2.45) is 0 Å². The van der Waals surface area contributed by atoms with Gasteiger partial charge in [0, 0.05) is 23.9 Å². The van der Waals surface area contributed by atoms with Crippen LogP contribution in [0.1, 0.15) is 49.4 Å². The highest BCUT2D eigenvalue weighted by molar-refractivity contribution is 5.85. The smallest absolute Gasteiger partial charge is 0.248 e. The lowest BCUT2D eigenvalue weighted by Crippen LogP contribution is -2.28. The average molecular weight is 423 g/mol. The Labute approximate surface area is 178 Å². The third kappa shape index (κ3) is 6.41. The Bertz CT molecular complexity index is 825. The van der Waals surface area contributed by atoms with E-state index >= 15 is 0 Å². The summed E-state index contributed by atoms with van der Waals surface area (Å²) < 4.78 is 16.3. The van der Waals surface area contributed by atoms with Crippen LogP contribution in [-0.4, -0.2) is 32.4 Å². The zero-order valence-electron chi connectivity index (χ0n) is 17.2. The Morgan fingerprint density at radius 1 is 1.07 bits per heavy atom. The highest BCUT2D eigenvalue weighted by Crippen LogP contribution is 2.31. The molecule has 0 amide bonds. The quantitative estimate of drug-likeness (QED) is 0.565. The molecule has 0 saturated carbocycles. The molecule has 3 rings (SSSR count). The first-order chi connectivity index (χ1) is 13.7. The molecule has 1 aromatic carbocycles. The zero-order valence-corrected chi connectivity index (χ0v) is 18.0. The van der Waals surface area contributed by atoms with Gasteiger partial charge in [-0.15, -0.1) is 12.4 Å². The van der Waals surface area contributed by atoms with Gasteiger partial charge in [0.15, 0.2) is 11.5 Å². The van der Waals surface area contributed by atoms with Gasteiger partial charge >= 0.3 is 0 Å². The molecule has 0 aliphatic heterocycles. The number of pyridine rings is 1. The van der Waals surface area contributed by atoms with E-state index in [-0.39, 0.29) is 18.0 Å². The Hall–Kier alpha value is -2.18. The second-order valence-electron chi connectivity index (χ2n) is 7.08. The summed E-state index contributed by atoms with van der Waals surface area (Å²) in [5.41, 5.74) is 2.34. The first kappa shape index (κ1) is 23.1. The third-order valence-corrected chi connectivity index (χ3v) is 5.17. The second-order valence-corrected chi connectivity index (χ2v) is 7.08. The minimum atomic E-state index is -0.00567. The van der Waals surface area contributed by atoms with Crippen molar-refractivity contribution in [3.05, 3.63) is 51.9 Å². The summed E-state index contributed by atoms with van der Waals surface area (Å²) in [4.78, 5) is 14.5. The number of halogens is 1. The molecule has 6 nitrogen and oxygen atoms in total. The summed E-state index contributed by atoms with van der Waals surface area (Å²) in [6.45, 7) is 1.66. The van der Waals surface area contributed by atoms with Crippen molar-refractivity contribution in [3.8, 4) is 17.2 Å². The summed E-state index contributed by atoms with van der Waals surface area (Å²) in [7, 11) is 3.24. The van der Waals surface area contributed by atoms with Crippen LogP contribution in [0.4, 0.5) is 0 Å². The van der Waals surface area contributed by atoms with E-state index in [2.05, 4.69) is 10.3 Å². The van der Waals surface area contributed by atoms with E-state index in [1.807, 2.05) is 24.3 Å². The van der Waals surface area contributed by atoms with Crippen molar-refractivity contribution in [2.45, 2.75) is 44.6 Å². The van der Waals surface area contributed by atoms with Crippen LogP contribution in [-0.2, 0) is 6.42 Å². The maximum atomic E-state index is 11.5. The summed E-state index contributed by atoms with van der Waals surface area (Å²) in [5.74, 6) is 2.18. The number of rotatable bonds is 10. The topological polar surface area (TPSA) is 72.6 Å². The predicted octanol–water partition coefficient (Wildman–Crippen LogP) is 4.03. The third-order valence-electron chi connectivity index (χ3n) is 5.17. The van der Waals surface area contributed by atoms with Crippen LogP contribution in [0.25, 0.3) is 0 Å². The summed E-state index contributed by atoms with van der Waals surface area (Å²) in [6, 6.07) is 9.56. The Morgan fingerprint density at radius 2 is 1.90 bits per heavy atom. The number of aromatic nitrogens is 1. The first-order valence-corrected chi connectivity index (χ1v) is 10.0. The van der Waals surface area contributed by atoms with Gasteiger partial charge in [-0.2, -0.15) is 0 Å². The molecule has 0 unspecified atom stereocenters. The van der Waals surface area contributed by atoms with Crippen molar-refractivity contribution in [1.29, 1.82) is 0 Å². The van der Waals surface area contributed by atoms with Gasteiger partial charge in [0.2, 0.25) is 5.56 Å². The molecule has 2 N–H and O–H groups in total. The van der Waals surface area contributed by atoms with E-state index in [1.54, 1.807) is 20.3 Å². The van der Waals surface area contributed by atoms with Crippen molar-refractivity contribution in [3.63, 3.8) is 0 Å². The average Bonchev–Trinajstić information content (AvgIpc) is 2.72. The highest BCUT2D eigenvalue weighted by atomic mass is 35.5. The monoisotopic (exact) mass is 422 g/mol. The molecule has 0 radical (unpaired) electrons. The van der Waals surface area contributed by atoms with Crippen molar-refractivity contribution in [1.82, 2.24) is 10.3 Å². The standard InChI is InChI=1S/C22H30N2O4.ClH/c1-26-20-11-9-16(15-21(20)27-2)28-14-5-3-4-13-23-18-7-6-8-19-17(18)10-12-22(25)24-19;/h9-12,15,18,23H,3-8,13-14H2,1-2H3,(H,24,25);1H/t18-;/m0./s1. The van der Waals surface area contributed by atoms with Crippen LogP contribution >= 0.6 is 12.4 Å². The number of unbranched alkanes of at least 4 members (excludes halogenated alkanes) is 2. The maximum absolute atomic E-state index is 11.5. The van der Waals surface area contributed by atoms with Gasteiger partial charge in [0.05, 0.1) is 20.8 Å². The normalized spacial score (nSPS) is 15.2. The number of H-pyrrole nitrogens is 1. The van der Waals surface area contributed by atoms with E-state index in [1.165, 1.54) is 5.56 Å². The molecule has 0 bridgehead atoms. The predicted molar refractivity (Wildman–Crippen MR) is 117 cm³/mol. The Balaban J connectivity index is 0.00000300. The van der Waals surface area contributed by atoms with Crippen LogP contribution < -0.4 is 25.1 Å². The van der Waals surface area contributed by atoms with Gasteiger partial charge in [-0.1, -0.05) is 6.07 Å². The largest absolute Gasteiger partial charge is 0.493 e. The lowest BCUT2D eigenvalue weighted by Gasteiger charge is -2.26. The van der Waals surface area contributed by atoms with Gasteiger partial charge in [-0.3, -0.25) is 4.79 Å². The van der Waals surface area contributed by atoms with Crippen molar-refractivity contribution < 1.29 is 14.2 Å². The minimum Gasteiger partial charge on any atom is -0.493 e. The molecule has 160 valence electrons. The van der Waals surface area contributed by atoms with Gasteiger partial charge in [-0.05, 0) is 62.8 Å². The van der Waals surface area contributed by atoms with E-state index < -0.39 is 0 Å². The number of aryl methyl sites for hydroxylation is 1. The van der Waals surface area contributed by atoms with Crippen molar-refractivity contribution in [2.75, 3.05) is 27.4 Å². The number of hydrogen-bond donors (Lipinski definition) is 2. The molecular formula is C22H31ClN2O4. The number of benzene rings is 1. The number of aromatic amines is 1. The molecule has 0 spiro atoms. The van der Waals surface area contributed by atoms with E-state index in [4.69, 9.17) is 14.2 Å². The highest BCUT2D eigenvalue weighted by Gasteiger charge is 2.19. The summed E-state index contributed by atoms with van der Waals surface area (Å²) in [5, 5.41) is 3.64. The van der Waals surface area contributed by atoms with Crippen LogP contribution in [0.2, 0.25) is 0 Å². The number of fused-ring (bicyclic) bond motifs is 1. The molecule has 0 saturated heterocycles. The molecule has 1 aliphatic carbocycles. The minimum absolute atomic E-state index is 0. The molecule has 7 heteroatoms. The molecule has 1 heterocycles. The van der Waals surface area contributed by atoms with Gasteiger partial charge in [-0.25, -0.2) is 0 Å². The van der Waals surface area contributed by atoms with Gasteiger partial charge in [0.25, 0.3) is 0 Å². The number of methoxy groups -OCH3 is 2. The fourth-order valence-electron chi connectivity index (χ4n) is 3.69. The second kappa shape index (κ2) is 11.7. The molecule has 0 fully saturated rings. The lowest BCUT2D eigenvalue weighted by atomic mass is 9.91. The summed E-state index contributed by atoms with van der Waals surface area (Å²) >= 11 is 0. The molecule has 29 heavy (non-hydrogen) atoms. The van der Waals surface area contributed by atoms with E-state index in [0.29, 0.717) is 24.1 Å². The van der Waals surface area contributed by atoms with Crippen LogP contribution in [0.15, 0.2) is 35.1 Å². The molecule has 2 aromatic rings. The molecule has 1 aromatic heterocycles. The molecule has 1 aliphatic rings. The fraction of sp³-hybridized carbons (Fsp3) is 0.500. The van der Waals surface area contributed by atoms with E-state index in [9.17, 15) is 4.79 Å². The van der Waals surface area contributed by atoms with Crippen LogP contribution in [0.3, 0.4) is 0 Å². The van der Waals surface area contributed by atoms with E-state index in [0.717, 1.165) is 56.5 Å². The van der Waals surface area contributed by atoms with Crippen LogP contribution in [0.5, 0.6) is 17.2 Å². The lowest BCUT2D eigenvalue weighted by molar-refractivity contribution is 0.299. The number of nitrogens with one attached hydrogen (secondary N) is 2.